The van der Waals surface area contributed by atoms with Gasteiger partial charge in [0.05, 0.1) is 6.04 Å². The Kier molecular flexibility index (Phi) is 4.50. The summed E-state index contributed by atoms with van der Waals surface area (Å²) in [7, 11) is 0. The minimum absolute atomic E-state index is 0.0467. The molecule has 1 heterocycles. The fourth-order valence-electron chi connectivity index (χ4n) is 1.86. The van der Waals surface area contributed by atoms with E-state index in [2.05, 4.69) is 21.4 Å². The Labute approximate surface area is 118 Å². The average molecular weight is 329 g/mol. The van der Waals surface area contributed by atoms with Gasteiger partial charge in [-0.3, -0.25) is 11.3 Å². The van der Waals surface area contributed by atoms with Gasteiger partial charge in [-0.05, 0) is 58.6 Å². The number of nitrogens with two attached hydrogens (primary N) is 1. The van der Waals surface area contributed by atoms with E-state index in [1.165, 1.54) is 6.07 Å². The van der Waals surface area contributed by atoms with Gasteiger partial charge in [0.15, 0.2) is 0 Å². The van der Waals surface area contributed by atoms with Gasteiger partial charge in [0.2, 0.25) is 0 Å². The number of hydrazine groups is 1. The summed E-state index contributed by atoms with van der Waals surface area (Å²) in [5.74, 6) is 5.41. The topological polar surface area (TPSA) is 38.0 Å². The van der Waals surface area contributed by atoms with Crippen molar-refractivity contribution in [3.8, 4) is 0 Å². The van der Waals surface area contributed by atoms with Crippen LogP contribution in [0.4, 0.5) is 4.39 Å². The molecule has 5 heteroatoms. The molecule has 96 valence electrons. The third-order valence-corrected chi connectivity index (χ3v) is 4.67. The zero-order valence-corrected chi connectivity index (χ0v) is 12.3. The second-order valence-electron chi connectivity index (χ2n) is 4.16. The first kappa shape index (κ1) is 13.7. The minimum Gasteiger partial charge on any atom is -0.271 e. The van der Waals surface area contributed by atoms with E-state index in [1.807, 2.05) is 24.4 Å². The highest BCUT2D eigenvalue weighted by Crippen LogP contribution is 2.28. The van der Waals surface area contributed by atoms with Gasteiger partial charge in [-0.25, -0.2) is 4.39 Å². The molecule has 18 heavy (non-hydrogen) atoms. The van der Waals surface area contributed by atoms with Crippen LogP contribution in [0.1, 0.15) is 22.0 Å². The van der Waals surface area contributed by atoms with Gasteiger partial charge in [-0.1, -0.05) is 6.07 Å². The molecule has 0 fully saturated rings. The summed E-state index contributed by atoms with van der Waals surface area (Å²) >= 11 is 5.08. The van der Waals surface area contributed by atoms with Crippen molar-refractivity contribution in [2.75, 3.05) is 0 Å². The van der Waals surface area contributed by atoms with Crippen molar-refractivity contribution in [1.82, 2.24) is 5.43 Å². The molecule has 2 aromatic rings. The molecule has 2 rings (SSSR count). The largest absolute Gasteiger partial charge is 0.271 e. The number of halogens is 2. The number of aryl methyl sites for hydroxylation is 1. The summed E-state index contributed by atoms with van der Waals surface area (Å²) < 4.78 is 14.1. The van der Waals surface area contributed by atoms with E-state index in [9.17, 15) is 4.39 Å². The fourth-order valence-corrected chi connectivity index (χ4v) is 3.37. The highest BCUT2D eigenvalue weighted by atomic mass is 79.9. The monoisotopic (exact) mass is 328 g/mol. The Morgan fingerprint density at radius 3 is 2.78 bits per heavy atom. The highest BCUT2D eigenvalue weighted by Gasteiger charge is 2.14. The molecule has 1 aromatic carbocycles. The maximum atomic E-state index is 13.0. The lowest BCUT2D eigenvalue weighted by molar-refractivity contribution is 0.557. The van der Waals surface area contributed by atoms with Crippen LogP contribution < -0.4 is 11.3 Å². The van der Waals surface area contributed by atoms with Gasteiger partial charge in [-0.2, -0.15) is 0 Å². The first-order chi connectivity index (χ1) is 8.60. The molecule has 0 aliphatic rings. The zero-order chi connectivity index (χ0) is 13.1. The van der Waals surface area contributed by atoms with E-state index in [-0.39, 0.29) is 11.9 Å². The van der Waals surface area contributed by atoms with Crippen LogP contribution in [0.25, 0.3) is 0 Å². The molecule has 1 atom stereocenters. The average Bonchev–Trinajstić information content (AvgIpc) is 2.75. The Balaban J connectivity index is 2.20. The Morgan fingerprint density at radius 2 is 2.22 bits per heavy atom. The van der Waals surface area contributed by atoms with Gasteiger partial charge in [0, 0.05) is 14.7 Å². The van der Waals surface area contributed by atoms with Crippen molar-refractivity contribution in [3.63, 3.8) is 0 Å². The quantitative estimate of drug-likeness (QED) is 0.663. The van der Waals surface area contributed by atoms with E-state index in [0.29, 0.717) is 0 Å². The molecule has 0 amide bonds. The number of rotatable bonds is 4. The van der Waals surface area contributed by atoms with Crippen molar-refractivity contribution < 1.29 is 4.39 Å². The molecule has 0 aliphatic heterocycles. The molecule has 1 aromatic heterocycles. The summed E-state index contributed by atoms with van der Waals surface area (Å²) in [5.41, 5.74) is 4.87. The number of hydrogen-bond acceptors (Lipinski definition) is 3. The first-order valence-corrected chi connectivity index (χ1v) is 7.22. The van der Waals surface area contributed by atoms with Crippen molar-refractivity contribution in [2.24, 2.45) is 5.84 Å². The molecule has 0 bridgehead atoms. The van der Waals surface area contributed by atoms with Crippen LogP contribution in [0.15, 0.2) is 34.1 Å². The molecule has 0 radical (unpaired) electrons. The van der Waals surface area contributed by atoms with Crippen molar-refractivity contribution in [1.29, 1.82) is 0 Å². The molecule has 3 N–H and O–H groups in total. The molecular weight excluding hydrogens is 315 g/mol. The molecule has 0 saturated heterocycles. The van der Waals surface area contributed by atoms with Crippen LogP contribution in [0.5, 0.6) is 0 Å². The van der Waals surface area contributed by atoms with E-state index >= 15 is 0 Å². The van der Waals surface area contributed by atoms with Crippen LogP contribution >= 0.6 is 27.3 Å². The van der Waals surface area contributed by atoms with Crippen LogP contribution in [-0.2, 0) is 6.42 Å². The lowest BCUT2D eigenvalue weighted by Crippen LogP contribution is -2.29. The van der Waals surface area contributed by atoms with E-state index < -0.39 is 0 Å². The molecule has 2 nitrogen and oxygen atoms in total. The maximum Gasteiger partial charge on any atom is 0.123 e. The molecular formula is C13H14BrFN2S. The van der Waals surface area contributed by atoms with Gasteiger partial charge >= 0.3 is 0 Å². The normalized spacial score (nSPS) is 12.7. The predicted octanol–water partition coefficient (Wildman–Crippen LogP) is 3.71. The van der Waals surface area contributed by atoms with Crippen LogP contribution in [0.3, 0.4) is 0 Å². The number of benzene rings is 1. The smallest absolute Gasteiger partial charge is 0.123 e. The lowest BCUT2D eigenvalue weighted by atomic mass is 10.0. The summed E-state index contributed by atoms with van der Waals surface area (Å²) in [6.45, 7) is 1.91. The van der Waals surface area contributed by atoms with E-state index in [1.54, 1.807) is 17.4 Å². The molecule has 0 aliphatic carbocycles. The van der Waals surface area contributed by atoms with Crippen molar-refractivity contribution in [3.05, 3.63) is 55.9 Å². The minimum atomic E-state index is -0.202. The first-order valence-electron chi connectivity index (χ1n) is 5.55. The second kappa shape index (κ2) is 5.93. The highest BCUT2D eigenvalue weighted by molar-refractivity contribution is 9.10. The fraction of sp³-hybridized carbons (Fsp3) is 0.231. The summed E-state index contributed by atoms with van der Waals surface area (Å²) in [6, 6.07) is 6.95. The third-order valence-electron chi connectivity index (χ3n) is 2.86. The van der Waals surface area contributed by atoms with Crippen molar-refractivity contribution in [2.45, 2.75) is 19.4 Å². The van der Waals surface area contributed by atoms with Gasteiger partial charge in [0.1, 0.15) is 5.82 Å². The standard InChI is InChI=1S/C13H14BrFN2S/c1-8-4-11(15)3-2-9(8)5-12(17-16)13-6-10(14)7-18-13/h2-4,6-7,12,17H,5,16H2,1H3. The van der Waals surface area contributed by atoms with Gasteiger partial charge in [0.25, 0.3) is 0 Å². The maximum absolute atomic E-state index is 13.0. The van der Waals surface area contributed by atoms with Crippen LogP contribution in [0, 0.1) is 12.7 Å². The molecule has 0 saturated carbocycles. The van der Waals surface area contributed by atoms with E-state index in [4.69, 9.17) is 5.84 Å². The number of hydrogen-bond donors (Lipinski definition) is 2. The zero-order valence-electron chi connectivity index (χ0n) is 9.91. The molecule has 0 spiro atoms. The van der Waals surface area contributed by atoms with Crippen LogP contribution in [-0.4, -0.2) is 0 Å². The van der Waals surface area contributed by atoms with E-state index in [0.717, 1.165) is 26.9 Å². The lowest BCUT2D eigenvalue weighted by Gasteiger charge is -2.15. The SMILES string of the molecule is Cc1cc(F)ccc1CC(NN)c1cc(Br)cs1. The Morgan fingerprint density at radius 1 is 1.44 bits per heavy atom. The summed E-state index contributed by atoms with van der Waals surface area (Å²) in [4.78, 5) is 1.16. The Hall–Kier alpha value is -0.750. The van der Waals surface area contributed by atoms with Crippen molar-refractivity contribution >= 4 is 27.3 Å². The van der Waals surface area contributed by atoms with Crippen LogP contribution in [0.2, 0.25) is 0 Å². The Bertz CT molecular complexity index is 542. The molecule has 1 unspecified atom stereocenters. The summed E-state index contributed by atoms with van der Waals surface area (Å²) in [6.07, 6.45) is 0.746. The van der Waals surface area contributed by atoms with Gasteiger partial charge < -0.3 is 0 Å². The number of thiophene rings is 1. The third kappa shape index (κ3) is 3.17. The number of nitrogens with one attached hydrogen (secondary N) is 1. The van der Waals surface area contributed by atoms with Gasteiger partial charge in [-0.15, -0.1) is 11.3 Å². The second-order valence-corrected chi connectivity index (χ2v) is 6.02. The summed E-state index contributed by atoms with van der Waals surface area (Å²) in [5, 5.41) is 2.02. The predicted molar refractivity (Wildman–Crippen MR) is 76.9 cm³/mol.